The van der Waals surface area contributed by atoms with Crippen molar-refractivity contribution in [3.8, 4) is 16.8 Å². The molecule has 0 saturated heterocycles. The number of aromatic nitrogens is 3. The molecule has 5 nitrogen and oxygen atoms in total. The number of rotatable bonds is 2. The largest absolute Gasteiger partial charge is 0.416 e. The van der Waals surface area contributed by atoms with Crippen molar-refractivity contribution in [1.29, 1.82) is 0 Å². The summed E-state index contributed by atoms with van der Waals surface area (Å²) in [6, 6.07) is 15.0. The van der Waals surface area contributed by atoms with Gasteiger partial charge in [-0.1, -0.05) is 6.07 Å². The zero-order chi connectivity index (χ0) is 22.5. The van der Waals surface area contributed by atoms with Gasteiger partial charge in [-0.15, -0.1) is 0 Å². The minimum Gasteiger partial charge on any atom is -0.384 e. The third-order valence-corrected chi connectivity index (χ3v) is 5.74. The zero-order valence-electron chi connectivity index (χ0n) is 17.3. The molecule has 0 radical (unpaired) electrons. The Kier molecular flexibility index (Phi) is 4.65. The lowest BCUT2D eigenvalue weighted by Gasteiger charge is -2.26. The van der Waals surface area contributed by atoms with Crippen molar-refractivity contribution in [3.05, 3.63) is 84.1 Å². The highest BCUT2D eigenvalue weighted by atomic mass is 19.4. The number of anilines is 3. The molecule has 1 aliphatic rings. The van der Waals surface area contributed by atoms with Crippen molar-refractivity contribution in [3.63, 3.8) is 0 Å². The molecule has 8 heteroatoms. The fraction of sp³-hybridized carbons (Fsp3) is 0.167. The number of nitrogens with two attached hydrogens (primary N) is 1. The maximum atomic E-state index is 13.1. The van der Waals surface area contributed by atoms with E-state index in [0.717, 1.165) is 46.2 Å². The molecule has 2 N–H and O–H groups in total. The number of benzene rings is 2. The normalized spacial score (nSPS) is 13.4. The summed E-state index contributed by atoms with van der Waals surface area (Å²) in [7, 11) is 0. The number of nitrogen functional groups attached to an aromatic ring is 1. The topological polar surface area (TPSA) is 60.0 Å². The van der Waals surface area contributed by atoms with Gasteiger partial charge in [0.2, 0.25) is 0 Å². The Balaban J connectivity index is 1.66. The second-order valence-corrected chi connectivity index (χ2v) is 7.75. The Hall–Kier alpha value is -3.81. The van der Waals surface area contributed by atoms with Gasteiger partial charge in [-0.3, -0.25) is 4.57 Å². The van der Waals surface area contributed by atoms with E-state index < -0.39 is 11.7 Å². The highest BCUT2D eigenvalue weighted by molar-refractivity contribution is 5.79. The number of alkyl halides is 3. The van der Waals surface area contributed by atoms with Gasteiger partial charge < -0.3 is 10.6 Å². The second kappa shape index (κ2) is 7.40. The first-order valence-corrected chi connectivity index (χ1v) is 10.2. The van der Waals surface area contributed by atoms with Crippen LogP contribution in [-0.2, 0) is 12.6 Å². The molecule has 32 heavy (non-hydrogen) atoms. The molecular weight excluding hydrogens is 415 g/mol. The number of imidazole rings is 1. The first-order chi connectivity index (χ1) is 15.3. The third kappa shape index (κ3) is 3.47. The second-order valence-electron chi connectivity index (χ2n) is 7.75. The van der Waals surface area contributed by atoms with Crippen LogP contribution in [-0.4, -0.2) is 21.1 Å². The fourth-order valence-electron chi connectivity index (χ4n) is 4.13. The molecule has 0 saturated carbocycles. The van der Waals surface area contributed by atoms with Crippen LogP contribution in [0.5, 0.6) is 0 Å². The van der Waals surface area contributed by atoms with Gasteiger partial charge in [0, 0.05) is 42.3 Å². The van der Waals surface area contributed by atoms with E-state index in [0.29, 0.717) is 24.5 Å². The predicted molar refractivity (Wildman–Crippen MR) is 118 cm³/mol. The summed E-state index contributed by atoms with van der Waals surface area (Å²) < 4.78 is 41.3. The first kappa shape index (κ1) is 20.1. The van der Waals surface area contributed by atoms with E-state index in [4.69, 9.17) is 5.73 Å². The van der Waals surface area contributed by atoms with Crippen LogP contribution in [0.4, 0.5) is 30.4 Å². The van der Waals surface area contributed by atoms with Crippen molar-refractivity contribution < 1.29 is 13.2 Å². The molecule has 0 amide bonds. The SMILES string of the molecule is Cc1ncc2n1-c1ccc(-c3ccc(N)nc3)cc1N(c1ccc(C(F)(F)F)cc1)CC2. The summed E-state index contributed by atoms with van der Waals surface area (Å²) in [6.07, 6.45) is -0.0990. The molecule has 2 aromatic heterocycles. The summed E-state index contributed by atoms with van der Waals surface area (Å²) in [5.41, 5.74) is 10.5. The summed E-state index contributed by atoms with van der Waals surface area (Å²) in [5, 5.41) is 0. The summed E-state index contributed by atoms with van der Waals surface area (Å²) in [5.74, 6) is 1.30. The lowest BCUT2D eigenvalue weighted by Crippen LogP contribution is -2.19. The van der Waals surface area contributed by atoms with E-state index in [2.05, 4.69) is 19.4 Å². The molecule has 5 rings (SSSR count). The van der Waals surface area contributed by atoms with E-state index >= 15 is 0 Å². The molecule has 0 aliphatic carbocycles. The van der Waals surface area contributed by atoms with Crippen molar-refractivity contribution in [1.82, 2.24) is 14.5 Å². The van der Waals surface area contributed by atoms with Crippen LogP contribution in [0.3, 0.4) is 0 Å². The lowest BCUT2D eigenvalue weighted by molar-refractivity contribution is -0.137. The average Bonchev–Trinajstić information content (AvgIpc) is 3.05. The minimum atomic E-state index is -4.37. The van der Waals surface area contributed by atoms with E-state index in [9.17, 15) is 13.2 Å². The first-order valence-electron chi connectivity index (χ1n) is 10.2. The summed E-state index contributed by atoms with van der Waals surface area (Å²) in [6.45, 7) is 2.55. The van der Waals surface area contributed by atoms with Crippen LogP contribution in [0, 0.1) is 6.92 Å². The third-order valence-electron chi connectivity index (χ3n) is 5.74. The van der Waals surface area contributed by atoms with Gasteiger partial charge in [0.15, 0.2) is 0 Å². The van der Waals surface area contributed by atoms with Crippen molar-refractivity contribution >= 4 is 17.2 Å². The maximum Gasteiger partial charge on any atom is 0.416 e. The van der Waals surface area contributed by atoms with E-state index in [1.165, 1.54) is 12.1 Å². The van der Waals surface area contributed by atoms with Crippen molar-refractivity contribution in [2.24, 2.45) is 0 Å². The number of fused-ring (bicyclic) bond motifs is 3. The van der Waals surface area contributed by atoms with Crippen LogP contribution in [0.25, 0.3) is 16.8 Å². The van der Waals surface area contributed by atoms with Gasteiger partial charge in [0.25, 0.3) is 0 Å². The molecule has 3 heterocycles. The van der Waals surface area contributed by atoms with Crippen LogP contribution in [0.2, 0.25) is 0 Å². The van der Waals surface area contributed by atoms with Crippen molar-refractivity contribution in [2.45, 2.75) is 19.5 Å². The van der Waals surface area contributed by atoms with Gasteiger partial charge in [0.1, 0.15) is 11.6 Å². The standard InChI is InChI=1S/C24H20F3N5/c1-15-29-14-20-10-11-31(19-6-4-18(5-7-19)24(25,26)27)22-12-16(2-8-21(22)32(15)20)17-3-9-23(28)30-13-17/h2-9,12-14H,10-11H2,1H3,(H2,28,30). The van der Waals surface area contributed by atoms with Gasteiger partial charge in [-0.05, 0) is 61.0 Å². The Morgan fingerprint density at radius 3 is 2.31 bits per heavy atom. The highest BCUT2D eigenvalue weighted by Gasteiger charge is 2.30. The number of aryl methyl sites for hydroxylation is 1. The molecule has 162 valence electrons. The highest BCUT2D eigenvalue weighted by Crippen LogP contribution is 2.39. The maximum absolute atomic E-state index is 13.1. The Morgan fingerprint density at radius 1 is 0.875 bits per heavy atom. The molecule has 0 spiro atoms. The van der Waals surface area contributed by atoms with Gasteiger partial charge >= 0.3 is 6.18 Å². The van der Waals surface area contributed by atoms with E-state index in [1.807, 2.05) is 37.4 Å². The number of halogens is 3. The molecule has 1 aliphatic heterocycles. The van der Waals surface area contributed by atoms with Crippen LogP contribution < -0.4 is 10.6 Å². The molecule has 0 atom stereocenters. The fourth-order valence-corrected chi connectivity index (χ4v) is 4.13. The number of pyridine rings is 1. The van der Waals surface area contributed by atoms with Gasteiger partial charge in [-0.2, -0.15) is 13.2 Å². The smallest absolute Gasteiger partial charge is 0.384 e. The van der Waals surface area contributed by atoms with E-state index in [1.54, 1.807) is 12.3 Å². The molecule has 0 unspecified atom stereocenters. The van der Waals surface area contributed by atoms with Crippen LogP contribution in [0.15, 0.2) is 67.0 Å². The van der Waals surface area contributed by atoms with E-state index in [-0.39, 0.29) is 0 Å². The average molecular weight is 435 g/mol. The monoisotopic (exact) mass is 435 g/mol. The molecule has 0 bridgehead atoms. The van der Waals surface area contributed by atoms with Crippen LogP contribution >= 0.6 is 0 Å². The number of hydrogen-bond acceptors (Lipinski definition) is 4. The number of nitrogens with zero attached hydrogens (tertiary/aromatic N) is 4. The van der Waals surface area contributed by atoms with Gasteiger partial charge in [0.05, 0.1) is 16.9 Å². The minimum absolute atomic E-state index is 0.438. The van der Waals surface area contributed by atoms with Crippen LogP contribution in [0.1, 0.15) is 17.1 Å². The molecular formula is C24H20F3N5. The lowest BCUT2D eigenvalue weighted by atomic mass is 10.0. The summed E-state index contributed by atoms with van der Waals surface area (Å²) >= 11 is 0. The van der Waals surface area contributed by atoms with Crippen molar-refractivity contribution in [2.75, 3.05) is 17.2 Å². The molecule has 0 fully saturated rings. The quantitative estimate of drug-likeness (QED) is 0.449. The zero-order valence-corrected chi connectivity index (χ0v) is 17.3. The Bertz CT molecular complexity index is 1270. The Labute approximate surface area is 183 Å². The molecule has 4 aromatic rings. The van der Waals surface area contributed by atoms with Gasteiger partial charge in [-0.25, -0.2) is 9.97 Å². The Morgan fingerprint density at radius 2 is 1.62 bits per heavy atom. The molecule has 2 aromatic carbocycles. The number of hydrogen-bond donors (Lipinski definition) is 1. The predicted octanol–water partition coefficient (Wildman–Crippen LogP) is 5.54. The summed E-state index contributed by atoms with van der Waals surface area (Å²) in [4.78, 5) is 10.7.